The molecule has 0 bridgehead atoms. The van der Waals surface area contributed by atoms with Crippen LogP contribution >= 0.6 is 10.0 Å². The van der Waals surface area contributed by atoms with Gasteiger partial charge in [0, 0.05) is 17.1 Å². The van der Waals surface area contributed by atoms with Crippen molar-refractivity contribution in [2.75, 3.05) is 24.0 Å². The monoisotopic (exact) mass is 419 g/mol. The zero-order valence-electron chi connectivity index (χ0n) is 19.5. The van der Waals surface area contributed by atoms with Gasteiger partial charge in [0.25, 0.3) is 0 Å². The number of hydrogen-bond donors (Lipinski definition) is 0. The Labute approximate surface area is 184 Å². The summed E-state index contributed by atoms with van der Waals surface area (Å²) in [5.74, 6) is 4.58. The largest absolute Gasteiger partial charge is 0.256 e. The van der Waals surface area contributed by atoms with Crippen molar-refractivity contribution in [1.82, 2.24) is 4.98 Å². The molecule has 1 aromatic heterocycles. The van der Waals surface area contributed by atoms with Crippen LogP contribution in [0.3, 0.4) is 0 Å². The zero-order valence-corrected chi connectivity index (χ0v) is 20.4. The predicted molar refractivity (Wildman–Crippen MR) is 137 cm³/mol. The fourth-order valence-electron chi connectivity index (χ4n) is 4.66. The molecule has 0 saturated carbocycles. The molecule has 1 nitrogen and oxygen atoms in total. The van der Waals surface area contributed by atoms with E-state index < -0.39 is 0 Å². The van der Waals surface area contributed by atoms with E-state index in [1.54, 1.807) is 0 Å². The Balaban J connectivity index is 1.75. The molecule has 2 heteroatoms. The van der Waals surface area contributed by atoms with Crippen molar-refractivity contribution in [3.8, 4) is 11.3 Å². The lowest BCUT2D eigenvalue weighted by atomic mass is 9.89. The molecule has 0 amide bonds. The van der Waals surface area contributed by atoms with Crippen LogP contribution in [-0.4, -0.2) is 29.0 Å². The van der Waals surface area contributed by atoms with Gasteiger partial charge in [-0.1, -0.05) is 52.0 Å². The van der Waals surface area contributed by atoms with Gasteiger partial charge in [-0.25, -0.2) is 10.0 Å². The van der Waals surface area contributed by atoms with E-state index in [1.165, 1.54) is 57.4 Å². The summed E-state index contributed by atoms with van der Waals surface area (Å²) < 4.78 is 0. The van der Waals surface area contributed by atoms with E-state index in [2.05, 4.69) is 82.7 Å². The highest BCUT2D eigenvalue weighted by molar-refractivity contribution is 8.32. The number of aromatic nitrogens is 1. The molecule has 2 aromatic carbocycles. The van der Waals surface area contributed by atoms with E-state index in [-0.39, 0.29) is 10.0 Å². The van der Waals surface area contributed by atoms with Crippen LogP contribution in [-0.2, 0) is 0 Å². The Morgan fingerprint density at radius 3 is 2.07 bits per heavy atom. The molecule has 3 aromatic rings. The van der Waals surface area contributed by atoms with Gasteiger partial charge in [0.1, 0.15) is 0 Å². The lowest BCUT2D eigenvalue weighted by molar-refractivity contribution is 0.632. The van der Waals surface area contributed by atoms with Crippen molar-refractivity contribution >= 4 is 20.8 Å². The summed E-state index contributed by atoms with van der Waals surface area (Å²) in [6.45, 7) is 9.11. The predicted octanol–water partition coefficient (Wildman–Crippen LogP) is 8.09. The van der Waals surface area contributed by atoms with Crippen molar-refractivity contribution in [3.05, 3.63) is 65.4 Å². The fraction of sp³-hybridized carbons (Fsp3) is 0.464. The van der Waals surface area contributed by atoms with Gasteiger partial charge in [0.2, 0.25) is 0 Å². The Morgan fingerprint density at radius 2 is 1.47 bits per heavy atom. The molecule has 160 valence electrons. The minimum absolute atomic E-state index is 0.341. The van der Waals surface area contributed by atoms with Crippen LogP contribution in [0.2, 0.25) is 0 Å². The first-order valence-corrected chi connectivity index (χ1v) is 14.2. The van der Waals surface area contributed by atoms with Gasteiger partial charge in [-0.2, -0.15) is 0 Å². The van der Waals surface area contributed by atoms with Crippen molar-refractivity contribution in [1.29, 1.82) is 0 Å². The van der Waals surface area contributed by atoms with Crippen molar-refractivity contribution in [2.24, 2.45) is 0 Å². The second kappa shape index (κ2) is 8.38. The number of rotatable bonds is 4. The molecular formula is C28H37NS. The maximum Gasteiger partial charge on any atom is 0.0780 e. The maximum absolute atomic E-state index is 4.84. The summed E-state index contributed by atoms with van der Waals surface area (Å²) in [6.07, 6.45) is 9.68. The molecule has 1 saturated heterocycles. The topological polar surface area (TPSA) is 12.9 Å². The molecular weight excluding hydrogens is 382 g/mol. The second-order valence-electron chi connectivity index (χ2n) is 10.3. The molecule has 0 atom stereocenters. The van der Waals surface area contributed by atoms with E-state index in [9.17, 15) is 0 Å². The number of hydrogen-bond acceptors (Lipinski definition) is 1. The summed E-state index contributed by atoms with van der Waals surface area (Å²) >= 11 is 0. The Bertz CT molecular complexity index is 1010. The molecule has 1 aliphatic heterocycles. The van der Waals surface area contributed by atoms with Crippen LogP contribution in [0.1, 0.15) is 75.0 Å². The third-order valence-corrected chi connectivity index (χ3v) is 9.56. The zero-order chi connectivity index (χ0) is 21.5. The molecule has 0 aliphatic carbocycles. The molecule has 1 fully saturated rings. The van der Waals surface area contributed by atoms with E-state index in [0.29, 0.717) is 11.8 Å². The number of pyridine rings is 1. The minimum atomic E-state index is -0.341. The van der Waals surface area contributed by atoms with Gasteiger partial charge >= 0.3 is 0 Å². The summed E-state index contributed by atoms with van der Waals surface area (Å²) in [6, 6.07) is 16.4. The number of fused-ring (bicyclic) bond motifs is 1. The Hall–Kier alpha value is -1.80. The van der Waals surface area contributed by atoms with Gasteiger partial charge in [-0.05, 0) is 94.9 Å². The molecule has 30 heavy (non-hydrogen) atoms. The fourth-order valence-corrected chi connectivity index (χ4v) is 6.71. The lowest BCUT2D eigenvalue weighted by Gasteiger charge is -2.39. The number of benzene rings is 2. The van der Waals surface area contributed by atoms with Crippen LogP contribution in [0.25, 0.3) is 22.0 Å². The smallest absolute Gasteiger partial charge is 0.0780 e. The van der Waals surface area contributed by atoms with Gasteiger partial charge in [0.05, 0.1) is 5.69 Å². The van der Waals surface area contributed by atoms with E-state index in [4.69, 9.17) is 4.98 Å². The lowest BCUT2D eigenvalue weighted by Crippen LogP contribution is -2.18. The minimum Gasteiger partial charge on any atom is -0.256 e. The van der Waals surface area contributed by atoms with Crippen molar-refractivity contribution < 1.29 is 0 Å². The van der Waals surface area contributed by atoms with Gasteiger partial charge in [-0.15, -0.1) is 0 Å². The summed E-state index contributed by atoms with van der Waals surface area (Å²) in [5.41, 5.74) is 6.70. The summed E-state index contributed by atoms with van der Waals surface area (Å²) in [7, 11) is -0.341. The second-order valence-corrected chi connectivity index (χ2v) is 14.6. The highest BCUT2D eigenvalue weighted by Gasteiger charge is 2.24. The average molecular weight is 420 g/mol. The molecule has 0 N–H and O–H groups in total. The van der Waals surface area contributed by atoms with Gasteiger partial charge < -0.3 is 0 Å². The molecule has 0 spiro atoms. The van der Waals surface area contributed by atoms with Crippen LogP contribution in [0.4, 0.5) is 0 Å². The van der Waals surface area contributed by atoms with Crippen LogP contribution in [0.15, 0.2) is 48.7 Å². The molecule has 4 rings (SSSR count). The van der Waals surface area contributed by atoms with E-state index in [1.807, 2.05) is 6.20 Å². The average Bonchev–Trinajstić information content (AvgIpc) is 2.72. The first-order valence-electron chi connectivity index (χ1n) is 11.5. The van der Waals surface area contributed by atoms with Crippen LogP contribution in [0.5, 0.6) is 0 Å². The van der Waals surface area contributed by atoms with Crippen LogP contribution in [0, 0.1) is 0 Å². The SMILES string of the molecule is CC(C)c1cc(-c2nccc3cc(C4CCS(C)(C)CC4)ccc23)cc(C(C)C)c1. The summed E-state index contributed by atoms with van der Waals surface area (Å²) in [5, 5.41) is 2.61. The van der Waals surface area contributed by atoms with Crippen molar-refractivity contribution in [3.63, 3.8) is 0 Å². The first-order chi connectivity index (χ1) is 14.2. The Morgan fingerprint density at radius 1 is 0.833 bits per heavy atom. The Kier molecular flexibility index (Phi) is 5.99. The van der Waals surface area contributed by atoms with E-state index >= 15 is 0 Å². The first kappa shape index (κ1) is 21.4. The van der Waals surface area contributed by atoms with Gasteiger partial charge in [-0.3, -0.25) is 4.98 Å². The highest BCUT2D eigenvalue weighted by Crippen LogP contribution is 2.49. The summed E-state index contributed by atoms with van der Waals surface area (Å²) in [4.78, 5) is 4.84. The van der Waals surface area contributed by atoms with Gasteiger partial charge in [0.15, 0.2) is 0 Å². The highest BCUT2D eigenvalue weighted by atomic mass is 32.3. The van der Waals surface area contributed by atoms with Crippen LogP contribution < -0.4 is 0 Å². The number of nitrogens with zero attached hydrogens (tertiary/aromatic N) is 1. The quantitative estimate of drug-likeness (QED) is 0.416. The standard InChI is InChI=1S/C28H37NS/c1-19(2)24-16-25(20(3)4)18-26(17-24)28-27-8-7-22(15-23(27)9-12-29-28)21-10-13-30(5,6)14-11-21/h7-9,12,15-21H,10-11,13-14H2,1-6H3. The molecule has 1 aliphatic rings. The van der Waals surface area contributed by atoms with Crippen molar-refractivity contribution in [2.45, 2.75) is 58.3 Å². The molecule has 2 heterocycles. The molecule has 0 unspecified atom stereocenters. The maximum atomic E-state index is 4.84. The third kappa shape index (κ3) is 4.44. The third-order valence-electron chi connectivity index (χ3n) is 6.88. The normalized spacial score (nSPS) is 18.3. The molecule has 0 radical (unpaired) electrons. The van der Waals surface area contributed by atoms with E-state index in [0.717, 1.165) is 11.6 Å².